The van der Waals surface area contributed by atoms with Gasteiger partial charge in [-0.1, -0.05) is 23.8 Å². The van der Waals surface area contributed by atoms with Crippen molar-refractivity contribution in [1.29, 1.82) is 0 Å². The number of aromatic hydroxyl groups is 3. The van der Waals surface area contributed by atoms with Crippen LogP contribution in [-0.4, -0.2) is 61.1 Å². The summed E-state index contributed by atoms with van der Waals surface area (Å²) >= 11 is 0. The second-order valence-corrected chi connectivity index (χ2v) is 12.2. The second kappa shape index (κ2) is 10.5. The van der Waals surface area contributed by atoms with Crippen LogP contribution in [0.4, 0.5) is 11.4 Å². The van der Waals surface area contributed by atoms with Gasteiger partial charge in [-0.05, 0) is 60.7 Å². The third-order valence-corrected chi connectivity index (χ3v) is 9.82. The van der Waals surface area contributed by atoms with Gasteiger partial charge in [0, 0.05) is 18.1 Å². The third-order valence-electron chi connectivity index (χ3n) is 9.82. The van der Waals surface area contributed by atoms with E-state index < -0.39 is 93.7 Å². The number of nitrogens with zero attached hydrogens (tertiary/aromatic N) is 2. The number of hydrogen-bond donors (Lipinski definition) is 5. The molecule has 3 aromatic rings. The molecule has 2 aliphatic heterocycles. The normalized spacial score (nSPS) is 26.5. The zero-order chi connectivity index (χ0) is 33.5. The maximum Gasteiger partial charge on any atom is 0.339 e. The number of phenolic OH excluding ortho intramolecular Hbond substituents is 1. The molecule has 7 rings (SSSR count). The molecular formula is C34H26N2O11. The van der Waals surface area contributed by atoms with Crippen LogP contribution in [0, 0.1) is 29.6 Å². The highest BCUT2D eigenvalue weighted by molar-refractivity contribution is 6.24. The van der Waals surface area contributed by atoms with E-state index in [1.807, 2.05) is 6.08 Å². The number of hydrogen-bond acceptors (Lipinski definition) is 9. The maximum atomic E-state index is 14.1. The molecule has 6 unspecified atom stereocenters. The van der Waals surface area contributed by atoms with Crippen LogP contribution in [0.5, 0.6) is 17.2 Å². The standard InChI is InChI=1S/C34H26N2O11/c37-17-3-1-2-14(10-17)26-18-8-9-21-27(31(42)35(29(21)40)15-4-6-19(33(44)45)24(38)11-15)22(18)13-23-28(26)32(43)36(30(23)41)16-5-7-20(34(46)47)25(39)12-16/h1-8,10-12,21-23,26-28,37-39H,9,13H2,(H,44,45)(H,46,47). The Hall–Kier alpha value is -5.98. The van der Waals surface area contributed by atoms with E-state index in [2.05, 4.69) is 0 Å². The Balaban J connectivity index is 1.30. The second-order valence-electron chi connectivity index (χ2n) is 12.2. The summed E-state index contributed by atoms with van der Waals surface area (Å²) in [5.41, 5.74) is 0.344. The number of phenols is 3. The van der Waals surface area contributed by atoms with Crippen LogP contribution in [0.1, 0.15) is 45.0 Å². The molecule has 0 spiro atoms. The lowest BCUT2D eigenvalue weighted by atomic mass is 9.57. The first-order valence-electron chi connectivity index (χ1n) is 14.8. The smallest absolute Gasteiger partial charge is 0.339 e. The van der Waals surface area contributed by atoms with Crippen LogP contribution >= 0.6 is 0 Å². The lowest BCUT2D eigenvalue weighted by Crippen LogP contribution is -2.43. The molecule has 47 heavy (non-hydrogen) atoms. The average Bonchev–Trinajstić information content (AvgIpc) is 3.43. The highest BCUT2D eigenvalue weighted by Gasteiger charge is 2.62. The Morgan fingerprint density at radius 1 is 0.638 bits per heavy atom. The van der Waals surface area contributed by atoms with Crippen LogP contribution < -0.4 is 9.80 Å². The van der Waals surface area contributed by atoms with Crippen molar-refractivity contribution in [3.05, 3.63) is 89.0 Å². The summed E-state index contributed by atoms with van der Waals surface area (Å²) in [5.74, 6) is -11.6. The molecule has 1 saturated carbocycles. The molecule has 4 aliphatic rings. The van der Waals surface area contributed by atoms with E-state index in [4.69, 9.17) is 0 Å². The maximum absolute atomic E-state index is 14.1. The van der Waals surface area contributed by atoms with E-state index in [1.165, 1.54) is 24.3 Å². The van der Waals surface area contributed by atoms with E-state index in [0.717, 1.165) is 34.1 Å². The minimum Gasteiger partial charge on any atom is -0.508 e. The third kappa shape index (κ3) is 4.37. The number of carboxylic acid groups (broad SMARTS) is 2. The van der Waals surface area contributed by atoms with Gasteiger partial charge in [0.2, 0.25) is 23.6 Å². The molecule has 0 bridgehead atoms. The van der Waals surface area contributed by atoms with Crippen LogP contribution in [-0.2, 0) is 19.2 Å². The quantitative estimate of drug-likeness (QED) is 0.202. The van der Waals surface area contributed by atoms with Gasteiger partial charge >= 0.3 is 11.9 Å². The van der Waals surface area contributed by atoms with Crippen LogP contribution in [0.25, 0.3) is 0 Å². The van der Waals surface area contributed by atoms with E-state index >= 15 is 0 Å². The Morgan fingerprint density at radius 2 is 1.19 bits per heavy atom. The number of carbonyl (C=O) groups is 6. The van der Waals surface area contributed by atoms with Gasteiger partial charge in [0.05, 0.1) is 35.0 Å². The first-order valence-corrected chi connectivity index (χ1v) is 14.8. The molecule has 13 heteroatoms. The number of carboxylic acids is 2. The van der Waals surface area contributed by atoms with E-state index in [-0.39, 0.29) is 30.0 Å². The summed E-state index contributed by atoms with van der Waals surface area (Å²) in [6, 6.07) is 13.0. The summed E-state index contributed by atoms with van der Waals surface area (Å²) in [7, 11) is 0. The predicted molar refractivity (Wildman–Crippen MR) is 161 cm³/mol. The Labute approximate surface area is 265 Å². The van der Waals surface area contributed by atoms with Gasteiger partial charge in [0.15, 0.2) is 0 Å². The topological polar surface area (TPSA) is 210 Å². The molecule has 3 fully saturated rings. The van der Waals surface area contributed by atoms with Crippen molar-refractivity contribution in [1.82, 2.24) is 0 Å². The number of benzene rings is 3. The number of amides is 4. The van der Waals surface area contributed by atoms with Gasteiger partial charge in [-0.25, -0.2) is 19.4 Å². The van der Waals surface area contributed by atoms with Crippen molar-refractivity contribution in [3.63, 3.8) is 0 Å². The molecule has 0 aromatic heterocycles. The summed E-state index contributed by atoms with van der Waals surface area (Å²) in [6.07, 6.45) is 1.98. The highest BCUT2D eigenvalue weighted by atomic mass is 16.4. The minimum atomic E-state index is -1.39. The first-order chi connectivity index (χ1) is 22.4. The zero-order valence-corrected chi connectivity index (χ0v) is 24.3. The first kappa shape index (κ1) is 29.7. The molecule has 3 aromatic carbocycles. The average molecular weight is 639 g/mol. The van der Waals surface area contributed by atoms with Crippen molar-refractivity contribution in [2.75, 3.05) is 9.80 Å². The van der Waals surface area contributed by atoms with Gasteiger partial charge in [0.1, 0.15) is 28.4 Å². The van der Waals surface area contributed by atoms with E-state index in [1.54, 1.807) is 12.1 Å². The van der Waals surface area contributed by atoms with Crippen molar-refractivity contribution in [2.24, 2.45) is 29.6 Å². The molecular weight excluding hydrogens is 612 g/mol. The lowest BCUT2D eigenvalue weighted by Gasteiger charge is -2.44. The molecule has 6 atom stereocenters. The number of allylic oxidation sites excluding steroid dienone is 2. The van der Waals surface area contributed by atoms with Crippen molar-refractivity contribution < 1.29 is 54.3 Å². The monoisotopic (exact) mass is 638 g/mol. The fourth-order valence-corrected chi connectivity index (χ4v) is 7.87. The van der Waals surface area contributed by atoms with Crippen molar-refractivity contribution >= 4 is 46.9 Å². The predicted octanol–water partition coefficient (Wildman–Crippen LogP) is 3.25. The molecule has 5 N–H and O–H groups in total. The van der Waals surface area contributed by atoms with Gasteiger partial charge in [-0.3, -0.25) is 19.2 Å². The van der Waals surface area contributed by atoms with Crippen LogP contribution in [0.15, 0.2) is 72.3 Å². The molecule has 2 saturated heterocycles. The number of carbonyl (C=O) groups excluding carboxylic acids is 4. The van der Waals surface area contributed by atoms with E-state index in [0.29, 0.717) is 11.1 Å². The summed E-state index contributed by atoms with van der Waals surface area (Å²) in [6.45, 7) is 0. The summed E-state index contributed by atoms with van der Waals surface area (Å²) < 4.78 is 0. The Morgan fingerprint density at radius 3 is 1.72 bits per heavy atom. The van der Waals surface area contributed by atoms with Crippen molar-refractivity contribution in [3.8, 4) is 17.2 Å². The fourth-order valence-electron chi connectivity index (χ4n) is 7.87. The molecule has 13 nitrogen and oxygen atoms in total. The molecule has 2 heterocycles. The number of imide groups is 2. The Bertz CT molecular complexity index is 1980. The van der Waals surface area contributed by atoms with Crippen LogP contribution in [0.3, 0.4) is 0 Å². The minimum absolute atomic E-state index is 0.000390. The lowest BCUT2D eigenvalue weighted by molar-refractivity contribution is -0.126. The summed E-state index contributed by atoms with van der Waals surface area (Å²) in [4.78, 5) is 80.6. The van der Waals surface area contributed by atoms with Gasteiger partial charge < -0.3 is 25.5 Å². The zero-order valence-electron chi connectivity index (χ0n) is 24.3. The number of anilines is 2. The molecule has 2 aliphatic carbocycles. The highest BCUT2D eigenvalue weighted by Crippen LogP contribution is 2.58. The SMILES string of the molecule is O=C(O)c1ccc(N2C(=O)C3CC=C4C(CC5C(=O)N(c6ccc(C(=O)O)c(O)c6)C(=O)C5C4c4cccc(O)c4)C3C2=O)cc1O. The van der Waals surface area contributed by atoms with Crippen LogP contribution in [0.2, 0.25) is 0 Å². The van der Waals surface area contributed by atoms with Gasteiger partial charge in [-0.15, -0.1) is 0 Å². The van der Waals surface area contributed by atoms with Gasteiger partial charge in [-0.2, -0.15) is 0 Å². The number of rotatable bonds is 5. The number of aromatic carboxylic acids is 2. The summed E-state index contributed by atoms with van der Waals surface area (Å²) in [5, 5.41) is 49.6. The fraction of sp³-hybridized carbons (Fsp3) is 0.235. The number of fused-ring (bicyclic) bond motifs is 4. The Kier molecular flexibility index (Phi) is 6.67. The molecule has 0 radical (unpaired) electrons. The van der Waals surface area contributed by atoms with Crippen molar-refractivity contribution in [2.45, 2.75) is 18.8 Å². The molecule has 4 amide bonds. The van der Waals surface area contributed by atoms with E-state index in [9.17, 15) is 54.3 Å². The van der Waals surface area contributed by atoms with Gasteiger partial charge in [0.25, 0.3) is 0 Å². The largest absolute Gasteiger partial charge is 0.508 e. The molecule has 238 valence electrons.